The molecule has 1 aromatic carbocycles. The van der Waals surface area contributed by atoms with Crippen LogP contribution in [0.3, 0.4) is 0 Å². The second-order valence-electron chi connectivity index (χ2n) is 5.74. The zero-order valence-electron chi connectivity index (χ0n) is 12.5. The summed E-state index contributed by atoms with van der Waals surface area (Å²) >= 11 is 0. The minimum Gasteiger partial charge on any atom is -0.481 e. The predicted octanol–water partition coefficient (Wildman–Crippen LogP) is 3.28. The molecule has 114 valence electrons. The molecule has 0 unspecified atom stereocenters. The van der Waals surface area contributed by atoms with Crippen LogP contribution >= 0.6 is 0 Å². The van der Waals surface area contributed by atoms with Crippen LogP contribution in [-0.4, -0.2) is 34.6 Å². The van der Waals surface area contributed by atoms with E-state index in [1.807, 2.05) is 24.3 Å². The smallest absolute Gasteiger partial charge is 0.322 e. The first-order valence-electron chi connectivity index (χ1n) is 7.37. The molecule has 1 saturated carbocycles. The van der Waals surface area contributed by atoms with Crippen LogP contribution in [-0.2, 0) is 4.79 Å². The number of benzene rings is 1. The normalized spacial score (nSPS) is 14.0. The Kier molecular flexibility index (Phi) is 4.83. The van der Waals surface area contributed by atoms with Crippen molar-refractivity contribution in [2.45, 2.75) is 45.1 Å². The number of aliphatic carboxylic acids is 1. The molecule has 5 nitrogen and oxygen atoms in total. The number of para-hydroxylation sites is 1. The lowest BCUT2D eigenvalue weighted by atomic mass is 10.0. The molecule has 0 saturated heterocycles. The first kappa shape index (κ1) is 15.4. The van der Waals surface area contributed by atoms with Gasteiger partial charge in [-0.25, -0.2) is 4.79 Å². The average Bonchev–Trinajstić information content (AvgIpc) is 3.23. The second kappa shape index (κ2) is 6.61. The number of carbonyl (C=O) groups is 2. The van der Waals surface area contributed by atoms with Crippen LogP contribution in [0.5, 0.6) is 0 Å². The lowest BCUT2D eigenvalue weighted by Crippen LogP contribution is -2.38. The van der Waals surface area contributed by atoms with Gasteiger partial charge in [0.1, 0.15) is 0 Å². The number of carbonyl (C=O) groups excluding carboxylic acids is 1. The molecule has 0 radical (unpaired) electrons. The van der Waals surface area contributed by atoms with Gasteiger partial charge in [-0.1, -0.05) is 32.0 Å². The Hall–Kier alpha value is -2.04. The maximum Gasteiger partial charge on any atom is 0.322 e. The van der Waals surface area contributed by atoms with E-state index >= 15 is 0 Å². The van der Waals surface area contributed by atoms with Gasteiger partial charge in [-0.15, -0.1) is 0 Å². The number of hydrogen-bond donors (Lipinski definition) is 2. The summed E-state index contributed by atoms with van der Waals surface area (Å²) in [5.74, 6) is -0.564. The van der Waals surface area contributed by atoms with Crippen molar-refractivity contribution < 1.29 is 14.7 Å². The third kappa shape index (κ3) is 4.21. The van der Waals surface area contributed by atoms with Crippen molar-refractivity contribution in [2.24, 2.45) is 0 Å². The third-order valence-corrected chi connectivity index (χ3v) is 3.64. The van der Waals surface area contributed by atoms with E-state index in [4.69, 9.17) is 5.11 Å². The number of carboxylic acids is 1. The lowest BCUT2D eigenvalue weighted by Gasteiger charge is -2.23. The Morgan fingerprint density at radius 2 is 2.00 bits per heavy atom. The molecule has 1 fully saturated rings. The van der Waals surface area contributed by atoms with E-state index in [-0.39, 0.29) is 25.0 Å². The zero-order valence-corrected chi connectivity index (χ0v) is 12.5. The van der Waals surface area contributed by atoms with E-state index in [2.05, 4.69) is 19.2 Å². The molecule has 2 N–H and O–H groups in total. The van der Waals surface area contributed by atoms with Crippen molar-refractivity contribution >= 4 is 17.7 Å². The van der Waals surface area contributed by atoms with E-state index in [9.17, 15) is 9.59 Å². The van der Waals surface area contributed by atoms with Gasteiger partial charge in [-0.05, 0) is 30.4 Å². The maximum atomic E-state index is 12.4. The predicted molar refractivity (Wildman–Crippen MR) is 81.5 cm³/mol. The molecular formula is C16H22N2O3. The van der Waals surface area contributed by atoms with Gasteiger partial charge in [0.05, 0.1) is 6.42 Å². The molecular weight excluding hydrogens is 268 g/mol. The maximum absolute atomic E-state index is 12.4. The molecule has 0 spiro atoms. The Labute approximate surface area is 125 Å². The first-order valence-corrected chi connectivity index (χ1v) is 7.37. The summed E-state index contributed by atoms with van der Waals surface area (Å²) in [5.41, 5.74) is 1.89. The summed E-state index contributed by atoms with van der Waals surface area (Å²) in [6.45, 7) is 4.41. The minimum absolute atomic E-state index is 0.0181. The van der Waals surface area contributed by atoms with E-state index in [0.29, 0.717) is 5.92 Å². The van der Waals surface area contributed by atoms with Crippen molar-refractivity contribution in [3.8, 4) is 0 Å². The minimum atomic E-state index is -0.879. The van der Waals surface area contributed by atoms with Crippen LogP contribution in [0.15, 0.2) is 24.3 Å². The van der Waals surface area contributed by atoms with Crippen LogP contribution in [0.2, 0.25) is 0 Å². The molecule has 1 aliphatic rings. The Morgan fingerprint density at radius 3 is 2.57 bits per heavy atom. The SMILES string of the molecule is CC(C)c1ccccc1NC(=O)N(CCC(=O)O)C1CC1. The molecule has 0 atom stereocenters. The fourth-order valence-electron chi connectivity index (χ4n) is 2.35. The Morgan fingerprint density at radius 1 is 1.33 bits per heavy atom. The highest BCUT2D eigenvalue weighted by molar-refractivity contribution is 5.91. The number of amides is 2. The summed E-state index contributed by atoms with van der Waals surface area (Å²) in [5, 5.41) is 11.7. The largest absolute Gasteiger partial charge is 0.481 e. The van der Waals surface area contributed by atoms with E-state index in [0.717, 1.165) is 24.1 Å². The number of urea groups is 1. The highest BCUT2D eigenvalue weighted by Crippen LogP contribution is 2.29. The molecule has 1 aliphatic carbocycles. The molecule has 1 aromatic rings. The number of carboxylic acid groups (broad SMARTS) is 1. The van der Waals surface area contributed by atoms with Gasteiger partial charge in [0.15, 0.2) is 0 Å². The van der Waals surface area contributed by atoms with Crippen molar-refractivity contribution in [1.82, 2.24) is 4.90 Å². The number of nitrogens with one attached hydrogen (secondary N) is 1. The van der Waals surface area contributed by atoms with Gasteiger partial charge in [-0.2, -0.15) is 0 Å². The van der Waals surface area contributed by atoms with Gasteiger partial charge >= 0.3 is 12.0 Å². The molecule has 2 rings (SSSR count). The molecule has 0 bridgehead atoms. The lowest BCUT2D eigenvalue weighted by molar-refractivity contribution is -0.137. The average molecular weight is 290 g/mol. The fraction of sp³-hybridized carbons (Fsp3) is 0.500. The quantitative estimate of drug-likeness (QED) is 0.844. The van der Waals surface area contributed by atoms with Gasteiger partial charge in [0.2, 0.25) is 0 Å². The number of hydrogen-bond acceptors (Lipinski definition) is 2. The first-order chi connectivity index (χ1) is 9.99. The second-order valence-corrected chi connectivity index (χ2v) is 5.74. The molecule has 0 aliphatic heterocycles. The van der Waals surface area contributed by atoms with E-state index in [1.165, 1.54) is 0 Å². The number of anilines is 1. The van der Waals surface area contributed by atoms with Gasteiger partial charge < -0.3 is 15.3 Å². The summed E-state index contributed by atoms with van der Waals surface area (Å²) in [6.07, 6.45) is 1.90. The van der Waals surface area contributed by atoms with Crippen LogP contribution < -0.4 is 5.32 Å². The molecule has 0 heterocycles. The highest BCUT2D eigenvalue weighted by atomic mass is 16.4. The van der Waals surface area contributed by atoms with Crippen LogP contribution in [0.4, 0.5) is 10.5 Å². The van der Waals surface area contributed by atoms with Gasteiger partial charge in [0.25, 0.3) is 0 Å². The molecule has 0 aromatic heterocycles. The Balaban J connectivity index is 2.06. The van der Waals surface area contributed by atoms with Gasteiger partial charge in [0, 0.05) is 18.3 Å². The summed E-state index contributed by atoms with van der Waals surface area (Å²) in [4.78, 5) is 24.8. The zero-order chi connectivity index (χ0) is 15.4. The topological polar surface area (TPSA) is 69.6 Å². The summed E-state index contributed by atoms with van der Waals surface area (Å²) in [7, 11) is 0. The number of rotatable bonds is 6. The molecule has 5 heteroatoms. The van der Waals surface area contributed by atoms with E-state index < -0.39 is 5.97 Å². The van der Waals surface area contributed by atoms with Crippen molar-refractivity contribution in [3.63, 3.8) is 0 Å². The molecule has 2 amide bonds. The van der Waals surface area contributed by atoms with Crippen molar-refractivity contribution in [1.29, 1.82) is 0 Å². The van der Waals surface area contributed by atoms with E-state index in [1.54, 1.807) is 4.90 Å². The standard InChI is InChI=1S/C16H22N2O3/c1-11(2)13-5-3-4-6-14(13)17-16(21)18(12-7-8-12)10-9-15(19)20/h3-6,11-12H,7-10H2,1-2H3,(H,17,21)(H,19,20). The van der Waals surface area contributed by atoms with Gasteiger partial charge in [-0.3, -0.25) is 4.79 Å². The van der Waals surface area contributed by atoms with Crippen LogP contribution in [0.1, 0.15) is 44.6 Å². The van der Waals surface area contributed by atoms with Crippen LogP contribution in [0, 0.1) is 0 Å². The van der Waals surface area contributed by atoms with Crippen molar-refractivity contribution in [2.75, 3.05) is 11.9 Å². The monoisotopic (exact) mass is 290 g/mol. The fourth-order valence-corrected chi connectivity index (χ4v) is 2.35. The van der Waals surface area contributed by atoms with Crippen LogP contribution in [0.25, 0.3) is 0 Å². The third-order valence-electron chi connectivity index (χ3n) is 3.64. The summed E-state index contributed by atoms with van der Waals surface area (Å²) < 4.78 is 0. The molecule has 21 heavy (non-hydrogen) atoms. The Bertz CT molecular complexity index is 524. The summed E-state index contributed by atoms with van der Waals surface area (Å²) in [6, 6.07) is 7.71. The van der Waals surface area contributed by atoms with Crippen molar-refractivity contribution in [3.05, 3.63) is 29.8 Å². The number of nitrogens with zero attached hydrogens (tertiary/aromatic N) is 1. The highest BCUT2D eigenvalue weighted by Gasteiger charge is 2.32.